The first-order valence-electron chi connectivity index (χ1n) is 6.60. The molecule has 1 fully saturated rings. The molecule has 0 spiro atoms. The minimum absolute atomic E-state index is 0.137. The van der Waals surface area contributed by atoms with Crippen LogP contribution in [0.25, 0.3) is 0 Å². The molecule has 0 aliphatic carbocycles. The van der Waals surface area contributed by atoms with Gasteiger partial charge in [0.05, 0.1) is 6.10 Å². The average Bonchev–Trinajstić information content (AvgIpc) is 2.67. The molecule has 0 saturated carbocycles. The van der Waals surface area contributed by atoms with Crippen LogP contribution < -0.4 is 10.6 Å². The second kappa shape index (κ2) is 6.23. The van der Waals surface area contributed by atoms with Crippen LogP contribution in [0.4, 0.5) is 4.79 Å². The minimum atomic E-state index is -1.03. The van der Waals surface area contributed by atoms with E-state index in [1.54, 1.807) is 20.8 Å². The van der Waals surface area contributed by atoms with Gasteiger partial charge in [0.15, 0.2) is 0 Å². The number of ether oxygens (including phenoxy) is 1. The lowest BCUT2D eigenvalue weighted by Crippen LogP contribution is -2.53. The van der Waals surface area contributed by atoms with Crippen molar-refractivity contribution in [3.63, 3.8) is 0 Å². The topological polar surface area (TPSA) is 87.7 Å². The molecule has 0 aromatic heterocycles. The molecule has 3 unspecified atom stereocenters. The zero-order chi connectivity index (χ0) is 14.6. The number of carbonyl (C=O) groups is 2. The third-order valence-corrected chi connectivity index (χ3v) is 3.45. The summed E-state index contributed by atoms with van der Waals surface area (Å²) in [4.78, 5) is 22.9. The Morgan fingerprint density at radius 3 is 2.47 bits per heavy atom. The molecule has 19 heavy (non-hydrogen) atoms. The number of hydrogen-bond acceptors (Lipinski definition) is 3. The quantitative estimate of drug-likeness (QED) is 0.718. The zero-order valence-electron chi connectivity index (χ0n) is 12.0. The summed E-state index contributed by atoms with van der Waals surface area (Å²) < 4.78 is 5.41. The molecule has 1 heterocycles. The van der Waals surface area contributed by atoms with Gasteiger partial charge in [-0.25, -0.2) is 9.59 Å². The number of carboxylic acids is 1. The summed E-state index contributed by atoms with van der Waals surface area (Å²) in [6, 6.07) is -1.36. The second-order valence-corrected chi connectivity index (χ2v) is 6.12. The molecular weight excluding hydrogens is 248 g/mol. The van der Waals surface area contributed by atoms with Gasteiger partial charge in [0.1, 0.15) is 6.04 Å². The monoisotopic (exact) mass is 272 g/mol. The van der Waals surface area contributed by atoms with Crippen molar-refractivity contribution in [2.75, 3.05) is 13.2 Å². The SMILES string of the molecule is CC1OCCC1CNC(=O)NC(C(=O)O)C(C)(C)C. The van der Waals surface area contributed by atoms with Crippen LogP contribution in [0, 0.1) is 11.3 Å². The fraction of sp³-hybridized carbons (Fsp3) is 0.846. The van der Waals surface area contributed by atoms with Crippen LogP contribution in [0.15, 0.2) is 0 Å². The molecule has 1 saturated heterocycles. The van der Waals surface area contributed by atoms with E-state index < -0.39 is 23.5 Å². The van der Waals surface area contributed by atoms with Crippen LogP contribution in [-0.2, 0) is 9.53 Å². The maximum atomic E-state index is 11.7. The number of rotatable bonds is 4. The Morgan fingerprint density at radius 1 is 1.42 bits per heavy atom. The van der Waals surface area contributed by atoms with Gasteiger partial charge in [0.2, 0.25) is 0 Å². The lowest BCUT2D eigenvalue weighted by Gasteiger charge is -2.28. The number of nitrogens with one attached hydrogen (secondary N) is 2. The summed E-state index contributed by atoms with van der Waals surface area (Å²) in [7, 11) is 0. The first kappa shape index (κ1) is 15.8. The predicted molar refractivity (Wildman–Crippen MR) is 70.9 cm³/mol. The summed E-state index contributed by atoms with van der Waals surface area (Å²) >= 11 is 0. The molecule has 0 aromatic rings. The van der Waals surface area contributed by atoms with Crippen molar-refractivity contribution < 1.29 is 19.4 Å². The lowest BCUT2D eigenvalue weighted by atomic mass is 9.87. The Labute approximate surface area is 113 Å². The van der Waals surface area contributed by atoms with Gasteiger partial charge in [-0.05, 0) is 18.8 Å². The van der Waals surface area contributed by atoms with Crippen molar-refractivity contribution in [2.24, 2.45) is 11.3 Å². The third-order valence-electron chi connectivity index (χ3n) is 3.45. The number of carboxylic acid groups (broad SMARTS) is 1. The van der Waals surface area contributed by atoms with Gasteiger partial charge in [-0.1, -0.05) is 20.8 Å². The van der Waals surface area contributed by atoms with Gasteiger partial charge in [-0.2, -0.15) is 0 Å². The van der Waals surface area contributed by atoms with Crippen molar-refractivity contribution in [3.05, 3.63) is 0 Å². The third kappa shape index (κ3) is 4.70. The predicted octanol–water partition coefficient (Wildman–Crippen LogP) is 1.21. The highest BCUT2D eigenvalue weighted by atomic mass is 16.5. The molecule has 0 bridgehead atoms. The minimum Gasteiger partial charge on any atom is -0.480 e. The number of hydrogen-bond donors (Lipinski definition) is 3. The molecule has 1 rings (SSSR count). The molecule has 6 nitrogen and oxygen atoms in total. The number of amides is 2. The van der Waals surface area contributed by atoms with Crippen LogP contribution in [0.2, 0.25) is 0 Å². The molecular formula is C13H24N2O4. The van der Waals surface area contributed by atoms with E-state index >= 15 is 0 Å². The molecule has 1 aliphatic heterocycles. The van der Waals surface area contributed by atoms with E-state index in [0.29, 0.717) is 12.5 Å². The maximum Gasteiger partial charge on any atom is 0.326 e. The zero-order valence-corrected chi connectivity index (χ0v) is 12.0. The Hall–Kier alpha value is -1.30. The summed E-state index contributed by atoms with van der Waals surface area (Å²) in [6.45, 7) is 8.53. The molecule has 0 radical (unpaired) electrons. The summed E-state index contributed by atoms with van der Waals surface area (Å²) in [6.07, 6.45) is 1.06. The van der Waals surface area contributed by atoms with Gasteiger partial charge in [0, 0.05) is 19.1 Å². The average molecular weight is 272 g/mol. The molecule has 1 aliphatic rings. The van der Waals surface area contributed by atoms with Crippen LogP contribution in [0.3, 0.4) is 0 Å². The fourth-order valence-corrected chi connectivity index (χ4v) is 2.10. The Bertz CT molecular complexity index is 338. The number of urea groups is 1. The van der Waals surface area contributed by atoms with Gasteiger partial charge >= 0.3 is 12.0 Å². The Balaban J connectivity index is 2.43. The van der Waals surface area contributed by atoms with Crippen LogP contribution in [0.5, 0.6) is 0 Å². The van der Waals surface area contributed by atoms with Gasteiger partial charge in [0.25, 0.3) is 0 Å². The highest BCUT2D eigenvalue weighted by Gasteiger charge is 2.33. The number of aliphatic carboxylic acids is 1. The summed E-state index contributed by atoms with van der Waals surface area (Å²) in [5, 5.41) is 14.3. The fourth-order valence-electron chi connectivity index (χ4n) is 2.10. The molecule has 0 aromatic carbocycles. The van der Waals surface area contributed by atoms with E-state index in [1.165, 1.54) is 0 Å². The smallest absolute Gasteiger partial charge is 0.326 e. The van der Waals surface area contributed by atoms with Crippen LogP contribution in [0.1, 0.15) is 34.1 Å². The Morgan fingerprint density at radius 2 is 2.05 bits per heavy atom. The number of carbonyl (C=O) groups excluding carboxylic acids is 1. The van der Waals surface area contributed by atoms with Crippen molar-refractivity contribution in [1.82, 2.24) is 10.6 Å². The van der Waals surface area contributed by atoms with E-state index in [9.17, 15) is 9.59 Å². The van der Waals surface area contributed by atoms with Gasteiger partial charge < -0.3 is 20.5 Å². The summed E-state index contributed by atoms with van der Waals surface area (Å²) in [5.74, 6) is -0.733. The van der Waals surface area contributed by atoms with Crippen LogP contribution >= 0.6 is 0 Å². The van der Waals surface area contributed by atoms with Crippen molar-refractivity contribution >= 4 is 12.0 Å². The van der Waals surface area contributed by atoms with E-state index in [1.807, 2.05) is 6.92 Å². The summed E-state index contributed by atoms with van der Waals surface area (Å²) in [5.41, 5.74) is -0.535. The van der Waals surface area contributed by atoms with Crippen molar-refractivity contribution in [2.45, 2.75) is 46.3 Å². The highest BCUT2D eigenvalue weighted by Crippen LogP contribution is 2.20. The highest BCUT2D eigenvalue weighted by molar-refractivity contribution is 5.83. The van der Waals surface area contributed by atoms with E-state index in [0.717, 1.165) is 13.0 Å². The first-order chi connectivity index (χ1) is 8.71. The normalized spacial score (nSPS) is 24.8. The Kier molecular flexibility index (Phi) is 5.17. The standard InChI is InChI=1S/C13H24N2O4/c1-8-9(5-6-19-8)7-14-12(18)15-10(11(16)17)13(2,3)4/h8-10H,5-7H2,1-4H3,(H,16,17)(H2,14,15,18). The lowest BCUT2D eigenvalue weighted by molar-refractivity contribution is -0.141. The molecule has 6 heteroatoms. The van der Waals surface area contributed by atoms with E-state index in [2.05, 4.69) is 10.6 Å². The molecule has 3 atom stereocenters. The van der Waals surface area contributed by atoms with E-state index in [-0.39, 0.29) is 6.10 Å². The van der Waals surface area contributed by atoms with Gasteiger partial charge in [-0.15, -0.1) is 0 Å². The van der Waals surface area contributed by atoms with Gasteiger partial charge in [-0.3, -0.25) is 0 Å². The largest absolute Gasteiger partial charge is 0.480 e. The first-order valence-corrected chi connectivity index (χ1v) is 6.60. The van der Waals surface area contributed by atoms with Crippen LogP contribution in [-0.4, -0.2) is 42.4 Å². The molecule has 2 amide bonds. The molecule has 3 N–H and O–H groups in total. The van der Waals surface area contributed by atoms with E-state index in [4.69, 9.17) is 9.84 Å². The molecule has 110 valence electrons. The maximum absolute atomic E-state index is 11.7. The second-order valence-electron chi connectivity index (χ2n) is 6.12. The van der Waals surface area contributed by atoms with Crippen molar-refractivity contribution in [1.29, 1.82) is 0 Å². The van der Waals surface area contributed by atoms with Crippen molar-refractivity contribution in [3.8, 4) is 0 Å².